The number of carbonyl (C=O) groups excluding carboxylic acids is 1. The highest BCUT2D eigenvalue weighted by Crippen LogP contribution is 2.33. The lowest BCUT2D eigenvalue weighted by molar-refractivity contribution is 0.0695. The lowest BCUT2D eigenvalue weighted by atomic mass is 9.98. The summed E-state index contributed by atoms with van der Waals surface area (Å²) >= 11 is 6.04. The Labute approximate surface area is 137 Å². The number of carboxylic acid groups (broad SMARTS) is 1. The van der Waals surface area contributed by atoms with Gasteiger partial charge in [0.15, 0.2) is 0 Å². The van der Waals surface area contributed by atoms with Crippen molar-refractivity contribution in [3.63, 3.8) is 0 Å². The van der Waals surface area contributed by atoms with Gasteiger partial charge in [0.2, 0.25) is 0 Å². The molecular formula is C17H14ClNO4. The first kappa shape index (κ1) is 15.4. The van der Waals surface area contributed by atoms with Gasteiger partial charge in [0.1, 0.15) is 5.75 Å². The topological polar surface area (TPSA) is 75.6 Å². The molecule has 0 radical (unpaired) electrons. The molecule has 1 atom stereocenters. The van der Waals surface area contributed by atoms with E-state index in [-0.39, 0.29) is 17.5 Å². The molecule has 3 rings (SSSR count). The van der Waals surface area contributed by atoms with Crippen molar-refractivity contribution in [2.24, 2.45) is 0 Å². The maximum atomic E-state index is 12.4. The van der Waals surface area contributed by atoms with Crippen LogP contribution >= 0.6 is 11.6 Å². The summed E-state index contributed by atoms with van der Waals surface area (Å²) in [7, 11) is 0. The van der Waals surface area contributed by atoms with E-state index in [1.54, 1.807) is 30.3 Å². The van der Waals surface area contributed by atoms with Crippen LogP contribution in [-0.4, -0.2) is 23.6 Å². The summed E-state index contributed by atoms with van der Waals surface area (Å²) in [6.45, 7) is 0.406. The Morgan fingerprint density at radius 1 is 1.22 bits per heavy atom. The largest absolute Gasteiger partial charge is 0.493 e. The van der Waals surface area contributed by atoms with Gasteiger partial charge in [-0.3, -0.25) is 4.79 Å². The highest BCUT2D eigenvalue weighted by Gasteiger charge is 2.25. The molecule has 0 fully saturated rings. The van der Waals surface area contributed by atoms with E-state index in [2.05, 4.69) is 5.32 Å². The first-order valence-corrected chi connectivity index (χ1v) is 7.49. The van der Waals surface area contributed by atoms with Crippen molar-refractivity contribution in [2.75, 3.05) is 6.61 Å². The number of hydrogen-bond acceptors (Lipinski definition) is 3. The number of amides is 1. The number of halogens is 1. The molecule has 2 aromatic rings. The van der Waals surface area contributed by atoms with Crippen LogP contribution in [0.5, 0.6) is 5.75 Å². The highest BCUT2D eigenvalue weighted by molar-refractivity contribution is 6.33. The maximum absolute atomic E-state index is 12.4. The summed E-state index contributed by atoms with van der Waals surface area (Å²) in [5.74, 6) is -0.796. The van der Waals surface area contributed by atoms with Gasteiger partial charge in [0.05, 0.1) is 28.8 Å². The number of carboxylic acids is 1. The summed E-state index contributed by atoms with van der Waals surface area (Å²) in [6, 6.07) is 11.2. The third kappa shape index (κ3) is 3.14. The fourth-order valence-corrected chi connectivity index (χ4v) is 2.78. The lowest BCUT2D eigenvalue weighted by Crippen LogP contribution is -2.32. The fourth-order valence-electron chi connectivity index (χ4n) is 2.55. The molecule has 1 aliphatic heterocycles. The number of carbonyl (C=O) groups is 2. The molecule has 0 saturated heterocycles. The SMILES string of the molecule is O=C(O)c1ccc2c(c1)OCCC2NC(=O)c1ccccc1Cl. The zero-order valence-corrected chi connectivity index (χ0v) is 12.8. The Balaban J connectivity index is 1.85. The molecule has 1 heterocycles. The predicted octanol–water partition coefficient (Wildman–Crippen LogP) is 3.29. The van der Waals surface area contributed by atoms with E-state index in [1.165, 1.54) is 12.1 Å². The Morgan fingerprint density at radius 3 is 2.74 bits per heavy atom. The van der Waals surface area contributed by atoms with Gasteiger partial charge in [-0.25, -0.2) is 4.79 Å². The van der Waals surface area contributed by atoms with E-state index in [0.717, 1.165) is 5.56 Å². The van der Waals surface area contributed by atoms with Gasteiger partial charge in [-0.05, 0) is 24.3 Å². The number of fused-ring (bicyclic) bond motifs is 1. The van der Waals surface area contributed by atoms with Gasteiger partial charge in [0.25, 0.3) is 5.91 Å². The molecule has 0 bridgehead atoms. The number of rotatable bonds is 3. The van der Waals surface area contributed by atoms with Crippen molar-refractivity contribution in [1.82, 2.24) is 5.32 Å². The molecule has 2 aromatic carbocycles. The molecule has 6 heteroatoms. The first-order chi connectivity index (χ1) is 11.1. The summed E-state index contributed by atoms with van der Waals surface area (Å²) in [5.41, 5.74) is 1.33. The normalized spacial score (nSPS) is 16.1. The van der Waals surface area contributed by atoms with E-state index < -0.39 is 5.97 Å². The number of hydrogen-bond donors (Lipinski definition) is 2. The highest BCUT2D eigenvalue weighted by atomic mass is 35.5. The minimum Gasteiger partial charge on any atom is -0.493 e. The van der Waals surface area contributed by atoms with E-state index in [4.69, 9.17) is 21.4 Å². The second-order valence-electron chi connectivity index (χ2n) is 5.20. The average molecular weight is 332 g/mol. The molecule has 5 nitrogen and oxygen atoms in total. The molecule has 0 aliphatic carbocycles. The van der Waals surface area contributed by atoms with E-state index >= 15 is 0 Å². The zero-order chi connectivity index (χ0) is 16.4. The van der Waals surface area contributed by atoms with E-state index in [1.807, 2.05) is 0 Å². The number of aromatic carboxylic acids is 1. The minimum atomic E-state index is -1.02. The van der Waals surface area contributed by atoms with Gasteiger partial charge in [-0.15, -0.1) is 0 Å². The summed E-state index contributed by atoms with van der Waals surface area (Å²) in [6.07, 6.45) is 0.607. The standard InChI is InChI=1S/C17H14ClNO4/c18-13-4-2-1-3-11(13)16(20)19-14-7-8-23-15-9-10(17(21)22)5-6-12(14)15/h1-6,9,14H,7-8H2,(H,19,20)(H,21,22). The number of benzene rings is 2. The van der Waals surface area contributed by atoms with Gasteiger partial charge in [0, 0.05) is 12.0 Å². The van der Waals surface area contributed by atoms with Gasteiger partial charge < -0.3 is 15.2 Å². The summed E-state index contributed by atoms with van der Waals surface area (Å²) in [4.78, 5) is 23.4. The van der Waals surface area contributed by atoms with Crippen molar-refractivity contribution >= 4 is 23.5 Å². The Hall–Kier alpha value is -2.53. The van der Waals surface area contributed by atoms with Gasteiger partial charge in [-0.1, -0.05) is 29.8 Å². The maximum Gasteiger partial charge on any atom is 0.335 e. The van der Waals surface area contributed by atoms with Crippen molar-refractivity contribution in [3.8, 4) is 5.75 Å². The lowest BCUT2D eigenvalue weighted by Gasteiger charge is -2.27. The second kappa shape index (κ2) is 6.30. The molecule has 1 unspecified atom stereocenters. The number of nitrogens with one attached hydrogen (secondary N) is 1. The van der Waals surface area contributed by atoms with Crippen LogP contribution in [0.4, 0.5) is 0 Å². The van der Waals surface area contributed by atoms with Crippen molar-refractivity contribution in [1.29, 1.82) is 0 Å². The molecule has 0 aromatic heterocycles. The molecule has 118 valence electrons. The molecule has 23 heavy (non-hydrogen) atoms. The van der Waals surface area contributed by atoms with Crippen LogP contribution in [-0.2, 0) is 0 Å². The predicted molar refractivity (Wildman–Crippen MR) is 85.2 cm³/mol. The Morgan fingerprint density at radius 2 is 2.00 bits per heavy atom. The van der Waals surface area contributed by atoms with Crippen LogP contribution in [0.15, 0.2) is 42.5 Å². The van der Waals surface area contributed by atoms with Gasteiger partial charge >= 0.3 is 5.97 Å². The van der Waals surface area contributed by atoms with Crippen molar-refractivity contribution < 1.29 is 19.4 Å². The Bertz CT molecular complexity index is 775. The van der Waals surface area contributed by atoms with Crippen molar-refractivity contribution in [2.45, 2.75) is 12.5 Å². The average Bonchev–Trinajstić information content (AvgIpc) is 2.55. The van der Waals surface area contributed by atoms with E-state index in [0.29, 0.717) is 29.4 Å². The number of ether oxygens (including phenoxy) is 1. The molecule has 0 spiro atoms. The van der Waals surface area contributed by atoms with Gasteiger partial charge in [-0.2, -0.15) is 0 Å². The Kier molecular flexibility index (Phi) is 4.21. The quantitative estimate of drug-likeness (QED) is 0.905. The molecule has 0 saturated carbocycles. The van der Waals surface area contributed by atoms with Crippen LogP contribution < -0.4 is 10.1 Å². The summed E-state index contributed by atoms with van der Waals surface area (Å²) < 4.78 is 5.51. The second-order valence-corrected chi connectivity index (χ2v) is 5.61. The fraction of sp³-hybridized carbons (Fsp3) is 0.176. The molecule has 1 aliphatic rings. The summed E-state index contributed by atoms with van der Waals surface area (Å²) in [5, 5.41) is 12.4. The smallest absolute Gasteiger partial charge is 0.335 e. The third-order valence-corrected chi connectivity index (χ3v) is 4.05. The van der Waals surface area contributed by atoms with Crippen LogP contribution in [0.25, 0.3) is 0 Å². The van der Waals surface area contributed by atoms with Crippen LogP contribution in [0.3, 0.4) is 0 Å². The molecule has 2 N–H and O–H groups in total. The molecular weight excluding hydrogens is 318 g/mol. The van der Waals surface area contributed by atoms with Crippen LogP contribution in [0, 0.1) is 0 Å². The zero-order valence-electron chi connectivity index (χ0n) is 12.1. The first-order valence-electron chi connectivity index (χ1n) is 7.11. The van der Waals surface area contributed by atoms with Crippen molar-refractivity contribution in [3.05, 3.63) is 64.2 Å². The van der Waals surface area contributed by atoms with Crippen LogP contribution in [0.2, 0.25) is 5.02 Å². The third-order valence-electron chi connectivity index (χ3n) is 3.72. The minimum absolute atomic E-state index is 0.154. The van der Waals surface area contributed by atoms with E-state index in [9.17, 15) is 9.59 Å². The van der Waals surface area contributed by atoms with Crippen LogP contribution in [0.1, 0.15) is 38.7 Å². The monoisotopic (exact) mass is 331 g/mol. The molecule has 1 amide bonds.